The maximum atomic E-state index is 7.84. The summed E-state index contributed by atoms with van der Waals surface area (Å²) in [6.07, 6.45) is 0. The van der Waals surface area contributed by atoms with Crippen molar-refractivity contribution in [1.29, 1.82) is 0 Å². The van der Waals surface area contributed by atoms with E-state index in [1.165, 1.54) is 77.3 Å². The van der Waals surface area contributed by atoms with Crippen LogP contribution in [0.5, 0.6) is 0 Å². The third-order valence-corrected chi connectivity index (χ3v) is 25.2. The zero-order valence-electron chi connectivity index (χ0n) is 61.7. The number of furan rings is 1. The van der Waals surface area contributed by atoms with Crippen LogP contribution in [0.4, 0.5) is 51.2 Å². The lowest BCUT2D eigenvalue weighted by atomic mass is 9.66. The molecule has 0 bridgehead atoms. The number of anilines is 9. The van der Waals surface area contributed by atoms with E-state index in [0.29, 0.717) is 0 Å². The Morgan fingerprint density at radius 3 is 1.08 bits per heavy atom. The summed E-state index contributed by atoms with van der Waals surface area (Å²) in [5, 5.41) is 5.00. The van der Waals surface area contributed by atoms with Crippen molar-refractivity contribution < 1.29 is 4.42 Å². The quantitative estimate of drug-likeness (QED) is 0.120. The molecule has 4 nitrogen and oxygen atoms in total. The van der Waals surface area contributed by atoms with E-state index in [4.69, 9.17) is 4.42 Å². The van der Waals surface area contributed by atoms with Crippen LogP contribution >= 0.6 is 0 Å². The average Bonchev–Trinajstić information content (AvgIpc) is 1.49. The molecule has 1 aliphatic heterocycles. The molecular formula is C95H95N3OSi. The summed E-state index contributed by atoms with van der Waals surface area (Å²) in [4.78, 5) is 7.55. The van der Waals surface area contributed by atoms with E-state index in [9.17, 15) is 0 Å². The molecule has 2 heterocycles. The van der Waals surface area contributed by atoms with Crippen molar-refractivity contribution >= 4 is 91.6 Å². The number of para-hydroxylation sites is 3. The monoisotopic (exact) mass is 1320 g/mol. The Morgan fingerprint density at radius 2 is 0.640 bits per heavy atom. The van der Waals surface area contributed by atoms with Gasteiger partial charge in [-0.3, -0.25) is 0 Å². The van der Waals surface area contributed by atoms with E-state index < -0.39 is 13.5 Å². The molecule has 0 saturated carbocycles. The van der Waals surface area contributed by atoms with Gasteiger partial charge in [0, 0.05) is 56.4 Å². The molecule has 0 N–H and O–H groups in total. The van der Waals surface area contributed by atoms with Gasteiger partial charge in [-0.25, -0.2) is 0 Å². The lowest BCUT2D eigenvalue weighted by Crippen LogP contribution is -2.50. The predicted octanol–water partition coefficient (Wildman–Crippen LogP) is 25.6. The summed E-state index contributed by atoms with van der Waals surface area (Å²) >= 11 is 0. The molecule has 0 spiro atoms. The molecule has 0 amide bonds. The Labute approximate surface area is 595 Å². The summed E-state index contributed by atoms with van der Waals surface area (Å²) in [6, 6.07) is 102. The number of hydrogen-bond donors (Lipinski definition) is 0. The van der Waals surface area contributed by atoms with Gasteiger partial charge in [0.15, 0.2) is 0 Å². The maximum Gasteiger partial charge on any atom is 0.145 e. The van der Waals surface area contributed by atoms with Crippen LogP contribution in [0, 0.1) is 0 Å². The van der Waals surface area contributed by atoms with Crippen molar-refractivity contribution in [3.05, 3.63) is 317 Å². The molecular weight excluding hydrogens is 1230 g/mol. The van der Waals surface area contributed by atoms with Gasteiger partial charge in [0.25, 0.3) is 0 Å². The van der Waals surface area contributed by atoms with Crippen molar-refractivity contribution in [3.8, 4) is 22.3 Å². The number of rotatable bonds is 11. The SMILES string of the molecule is CC(C)(C)c1ccc(N(c2ccc(C(C)(C)C)cc2)c2ccc(C3(c4ccc(C(C)(C)C)cc4)c4cc(N(c5ccccc5)c5ccc(C(C)(C)C)cc5)c5c(c4-c4c3cc(N(c3ccccc3)c3ccc(C(C)(C)C)cc3)c3c4oc4ccccc43)-c3ccccc3[Si]5(C)C)cc2)cc1. The molecule has 5 heteroatoms. The molecule has 1 atom stereocenters. The molecule has 13 aromatic rings. The van der Waals surface area contributed by atoms with Crippen molar-refractivity contribution in [2.75, 3.05) is 14.7 Å². The maximum absolute atomic E-state index is 7.84. The third-order valence-electron chi connectivity index (χ3n) is 21.7. The van der Waals surface area contributed by atoms with E-state index in [2.05, 4.69) is 399 Å². The highest BCUT2D eigenvalue weighted by molar-refractivity contribution is 7.05. The minimum Gasteiger partial charge on any atom is -0.455 e. The number of benzene rings is 12. The minimum atomic E-state index is -2.63. The first kappa shape index (κ1) is 66.0. The van der Waals surface area contributed by atoms with E-state index >= 15 is 0 Å². The van der Waals surface area contributed by atoms with Gasteiger partial charge >= 0.3 is 0 Å². The third kappa shape index (κ3) is 11.0. The van der Waals surface area contributed by atoms with E-state index in [-0.39, 0.29) is 27.1 Å². The van der Waals surface area contributed by atoms with Crippen LogP contribution in [0.1, 0.15) is 154 Å². The normalized spacial score (nSPS) is 15.0. The Bertz CT molecular complexity index is 5170. The molecule has 1 aromatic heterocycles. The molecule has 12 aromatic carbocycles. The Hall–Kier alpha value is -9.94. The highest BCUT2D eigenvalue weighted by Crippen LogP contribution is 2.65. The summed E-state index contributed by atoms with van der Waals surface area (Å²) in [7, 11) is -2.63. The fourth-order valence-corrected chi connectivity index (χ4v) is 19.6. The average molecular weight is 1320 g/mol. The van der Waals surface area contributed by atoms with Crippen LogP contribution in [0.3, 0.4) is 0 Å². The van der Waals surface area contributed by atoms with Crippen molar-refractivity contribution in [3.63, 3.8) is 0 Å². The van der Waals surface area contributed by atoms with E-state index in [1.54, 1.807) is 0 Å². The van der Waals surface area contributed by atoms with Gasteiger partial charge in [-0.1, -0.05) is 281 Å². The zero-order chi connectivity index (χ0) is 70.2. The highest BCUT2D eigenvalue weighted by Gasteiger charge is 2.54. The van der Waals surface area contributed by atoms with Crippen molar-refractivity contribution in [2.24, 2.45) is 0 Å². The first-order chi connectivity index (χ1) is 47.5. The van der Waals surface area contributed by atoms with Crippen LogP contribution in [0.2, 0.25) is 13.1 Å². The van der Waals surface area contributed by atoms with Crippen LogP contribution in [0.15, 0.2) is 271 Å². The van der Waals surface area contributed by atoms with Gasteiger partial charge in [0.2, 0.25) is 0 Å². The summed E-state index contributed by atoms with van der Waals surface area (Å²) < 4.78 is 7.84. The van der Waals surface area contributed by atoms with Crippen LogP contribution in [-0.2, 0) is 32.5 Å². The molecule has 500 valence electrons. The second kappa shape index (κ2) is 23.9. The van der Waals surface area contributed by atoms with Gasteiger partial charge in [0.1, 0.15) is 19.2 Å². The molecule has 0 saturated heterocycles. The first-order valence-corrected chi connectivity index (χ1v) is 39.0. The molecule has 100 heavy (non-hydrogen) atoms. The summed E-state index contributed by atoms with van der Waals surface area (Å²) in [5.74, 6) is 0. The largest absolute Gasteiger partial charge is 0.455 e. The van der Waals surface area contributed by atoms with E-state index in [1.807, 2.05) is 0 Å². The lowest BCUT2D eigenvalue weighted by molar-refractivity contribution is 0.589. The second-order valence-corrected chi connectivity index (χ2v) is 38.1. The van der Waals surface area contributed by atoms with Crippen LogP contribution in [-0.4, -0.2) is 8.07 Å². The minimum absolute atomic E-state index is 0.00946. The summed E-state index contributed by atoms with van der Waals surface area (Å²) in [6.45, 7) is 39.8. The van der Waals surface area contributed by atoms with Gasteiger partial charge in [-0.05, 0) is 207 Å². The van der Waals surface area contributed by atoms with Gasteiger partial charge < -0.3 is 19.1 Å². The Morgan fingerprint density at radius 1 is 0.310 bits per heavy atom. The smallest absolute Gasteiger partial charge is 0.145 e. The molecule has 1 aliphatic carbocycles. The lowest BCUT2D eigenvalue weighted by Gasteiger charge is -2.38. The molecule has 0 radical (unpaired) electrons. The predicted molar refractivity (Wildman–Crippen MR) is 431 cm³/mol. The number of nitrogens with zero attached hydrogens (tertiary/aromatic N) is 3. The fraction of sp³-hybridized carbons (Fsp3) is 0.242. The Kier molecular flexibility index (Phi) is 15.8. The summed E-state index contributed by atoms with van der Waals surface area (Å²) in [5.41, 5.74) is 26.5. The standard InChI is InChI=1S/C95H95N3OSi/c1-90(2,3)62-36-38-67(39-37-62)95(68-48-58-73(59-49-68)96(71-50-40-63(41-51-71)91(4,5)6)72-52-42-64(43-53-72)92(7,8)9)78-61-81(98(70-30-22-19-23-31-70)75-56-46-66(47-57-75)94(13,14)15)89-85(77-33-25-27-35-83(77)100(89,16)17)86(78)87-79(95)60-80(84-76-32-24-26-34-82(76)99-88(84)87)97(69-28-20-18-21-29-69)74-54-44-65(45-55-74)93(10,11)12/h18-61H,1-17H3. The molecule has 0 fully saturated rings. The van der Waals surface area contributed by atoms with Gasteiger partial charge in [-0.15, -0.1) is 0 Å². The van der Waals surface area contributed by atoms with Gasteiger partial charge in [-0.2, -0.15) is 0 Å². The molecule has 2 aliphatic rings. The topological polar surface area (TPSA) is 22.9 Å². The van der Waals surface area contributed by atoms with Crippen LogP contribution < -0.4 is 25.1 Å². The Balaban J connectivity index is 1.13. The van der Waals surface area contributed by atoms with Gasteiger partial charge in [0.05, 0.1) is 16.5 Å². The van der Waals surface area contributed by atoms with Crippen molar-refractivity contribution in [1.82, 2.24) is 0 Å². The van der Waals surface area contributed by atoms with E-state index in [0.717, 1.165) is 78.6 Å². The molecule has 1 unspecified atom stereocenters. The van der Waals surface area contributed by atoms with Crippen molar-refractivity contribution in [2.45, 2.75) is 149 Å². The zero-order valence-corrected chi connectivity index (χ0v) is 62.7. The molecule has 15 rings (SSSR count). The second-order valence-electron chi connectivity index (χ2n) is 33.8. The first-order valence-electron chi connectivity index (χ1n) is 36.0. The van der Waals surface area contributed by atoms with Crippen LogP contribution in [0.25, 0.3) is 44.2 Å². The fourth-order valence-electron chi connectivity index (χ4n) is 16.2. The number of fused-ring (bicyclic) bond motifs is 11. The number of hydrogen-bond acceptors (Lipinski definition) is 4. The highest BCUT2D eigenvalue weighted by atomic mass is 28.3.